The third kappa shape index (κ3) is 12.4. The molecule has 2 unspecified atom stereocenters. The summed E-state index contributed by atoms with van der Waals surface area (Å²) in [5, 5.41) is 9.28. The van der Waals surface area contributed by atoms with Crippen molar-refractivity contribution in [3.05, 3.63) is 0 Å². The first kappa shape index (κ1) is 21.9. The molecular formula is C17H36O4S. The van der Waals surface area contributed by atoms with Crippen molar-refractivity contribution in [3.63, 3.8) is 0 Å². The van der Waals surface area contributed by atoms with Crippen molar-refractivity contribution in [2.24, 2.45) is 0 Å². The van der Waals surface area contributed by atoms with Gasteiger partial charge in [0.1, 0.15) is 0 Å². The fourth-order valence-corrected chi connectivity index (χ4v) is 3.68. The average Bonchev–Trinajstić information content (AvgIpc) is 2.45. The molecule has 22 heavy (non-hydrogen) atoms. The topological polar surface area (TPSA) is 74.6 Å². The fraction of sp³-hybridized carbons (Fsp3) is 1.00. The van der Waals surface area contributed by atoms with Crippen LogP contribution in [0.1, 0.15) is 97.3 Å². The lowest BCUT2D eigenvalue weighted by Gasteiger charge is -2.14. The maximum Gasteiger partial charge on any atom is 0.267 e. The maximum absolute atomic E-state index is 11.3. The van der Waals surface area contributed by atoms with Gasteiger partial charge in [-0.3, -0.25) is 4.55 Å². The van der Waals surface area contributed by atoms with E-state index in [0.29, 0.717) is 12.8 Å². The van der Waals surface area contributed by atoms with E-state index in [-0.39, 0.29) is 6.10 Å². The monoisotopic (exact) mass is 336 g/mol. The summed E-state index contributed by atoms with van der Waals surface area (Å²) in [4.78, 5) is 0. The zero-order chi connectivity index (χ0) is 16.8. The minimum atomic E-state index is -3.92. The molecule has 134 valence electrons. The fourth-order valence-electron chi connectivity index (χ4n) is 2.75. The minimum absolute atomic E-state index is 0.263. The number of hydrogen-bond donors (Lipinski definition) is 2. The largest absolute Gasteiger partial charge is 0.393 e. The van der Waals surface area contributed by atoms with E-state index < -0.39 is 15.4 Å². The van der Waals surface area contributed by atoms with Crippen molar-refractivity contribution in [3.8, 4) is 0 Å². The molecule has 0 aromatic rings. The van der Waals surface area contributed by atoms with Gasteiger partial charge in [0.15, 0.2) is 0 Å². The zero-order valence-electron chi connectivity index (χ0n) is 14.5. The summed E-state index contributed by atoms with van der Waals surface area (Å²) in [6.45, 7) is 4.20. The second kappa shape index (κ2) is 13.3. The molecule has 0 saturated carbocycles. The van der Waals surface area contributed by atoms with Crippen LogP contribution >= 0.6 is 0 Å². The Labute approximate surface area is 137 Å². The summed E-state index contributed by atoms with van der Waals surface area (Å²) < 4.78 is 31.8. The lowest BCUT2D eigenvalue weighted by molar-refractivity contribution is 0.147. The summed E-state index contributed by atoms with van der Waals surface area (Å²) in [5.74, 6) is 0. The van der Waals surface area contributed by atoms with Gasteiger partial charge in [-0.2, -0.15) is 8.42 Å². The highest BCUT2D eigenvalue weighted by Gasteiger charge is 2.21. The van der Waals surface area contributed by atoms with Gasteiger partial charge in [-0.05, 0) is 25.7 Å². The smallest absolute Gasteiger partial charge is 0.267 e. The number of rotatable bonds is 15. The Morgan fingerprint density at radius 1 is 0.727 bits per heavy atom. The van der Waals surface area contributed by atoms with E-state index in [2.05, 4.69) is 6.92 Å². The molecule has 0 radical (unpaired) electrons. The van der Waals surface area contributed by atoms with Gasteiger partial charge in [-0.25, -0.2) is 0 Å². The maximum atomic E-state index is 11.3. The SMILES string of the molecule is CCCCCCCC(O)CCCCC(CCCC)S(=O)(=O)O. The molecule has 0 aliphatic rings. The Balaban J connectivity index is 3.75. The van der Waals surface area contributed by atoms with Crippen molar-refractivity contribution in [2.75, 3.05) is 0 Å². The summed E-state index contributed by atoms with van der Waals surface area (Å²) in [6, 6.07) is 0. The van der Waals surface area contributed by atoms with E-state index in [1.165, 1.54) is 25.7 Å². The van der Waals surface area contributed by atoms with Gasteiger partial charge >= 0.3 is 0 Å². The highest BCUT2D eigenvalue weighted by atomic mass is 32.2. The van der Waals surface area contributed by atoms with E-state index in [0.717, 1.165) is 44.9 Å². The summed E-state index contributed by atoms with van der Waals surface area (Å²) in [6.07, 6.45) is 11.7. The first-order valence-electron chi connectivity index (χ1n) is 9.06. The number of hydrogen-bond acceptors (Lipinski definition) is 3. The molecule has 0 aliphatic carbocycles. The number of aliphatic hydroxyl groups excluding tert-OH is 1. The quantitative estimate of drug-likeness (QED) is 0.335. The molecule has 0 rings (SSSR count). The van der Waals surface area contributed by atoms with Gasteiger partial charge in [0.2, 0.25) is 0 Å². The third-order valence-corrected chi connectivity index (χ3v) is 5.57. The van der Waals surface area contributed by atoms with E-state index >= 15 is 0 Å². The van der Waals surface area contributed by atoms with Crippen LogP contribution in [0.5, 0.6) is 0 Å². The molecule has 0 heterocycles. The lowest BCUT2D eigenvalue weighted by Crippen LogP contribution is -2.20. The Kier molecular flexibility index (Phi) is 13.2. The Bertz CT molecular complexity index is 341. The van der Waals surface area contributed by atoms with E-state index in [1.807, 2.05) is 6.92 Å². The van der Waals surface area contributed by atoms with Crippen LogP contribution in [0, 0.1) is 0 Å². The Hall–Kier alpha value is -0.130. The molecule has 2 N–H and O–H groups in total. The normalized spacial score (nSPS) is 14.9. The molecule has 0 aliphatic heterocycles. The van der Waals surface area contributed by atoms with Crippen LogP contribution in [-0.4, -0.2) is 29.4 Å². The van der Waals surface area contributed by atoms with Crippen molar-refractivity contribution in [1.29, 1.82) is 0 Å². The van der Waals surface area contributed by atoms with Crippen LogP contribution in [0.25, 0.3) is 0 Å². The second-order valence-corrected chi connectivity index (χ2v) is 8.12. The predicted molar refractivity (Wildman–Crippen MR) is 92.7 cm³/mol. The van der Waals surface area contributed by atoms with Crippen LogP contribution in [0.3, 0.4) is 0 Å². The lowest BCUT2D eigenvalue weighted by atomic mass is 10.0. The van der Waals surface area contributed by atoms with E-state index in [4.69, 9.17) is 0 Å². The number of aliphatic hydroxyl groups is 1. The minimum Gasteiger partial charge on any atom is -0.393 e. The standard InChI is InChI=1S/C17H36O4S/c1-3-5-7-8-9-12-16(18)13-10-11-15-17(14-6-4-2)22(19,20)21/h16-18H,3-15H2,1-2H3,(H,19,20,21). The highest BCUT2D eigenvalue weighted by Crippen LogP contribution is 2.18. The number of unbranched alkanes of at least 4 members (excludes halogenated alkanes) is 6. The zero-order valence-corrected chi connectivity index (χ0v) is 15.3. The van der Waals surface area contributed by atoms with Gasteiger partial charge in [0.25, 0.3) is 10.1 Å². The molecule has 0 amide bonds. The molecule has 0 spiro atoms. The highest BCUT2D eigenvalue weighted by molar-refractivity contribution is 7.86. The van der Waals surface area contributed by atoms with Gasteiger partial charge in [0, 0.05) is 0 Å². The molecule has 2 atom stereocenters. The summed E-state index contributed by atoms with van der Waals surface area (Å²) >= 11 is 0. The van der Waals surface area contributed by atoms with Gasteiger partial charge < -0.3 is 5.11 Å². The molecule has 4 nitrogen and oxygen atoms in total. The average molecular weight is 337 g/mol. The van der Waals surface area contributed by atoms with Crippen LogP contribution in [0.4, 0.5) is 0 Å². The first-order valence-corrected chi connectivity index (χ1v) is 10.6. The van der Waals surface area contributed by atoms with Crippen LogP contribution in [0.15, 0.2) is 0 Å². The molecule has 5 heteroatoms. The van der Waals surface area contributed by atoms with Crippen LogP contribution in [0.2, 0.25) is 0 Å². The summed E-state index contributed by atoms with van der Waals surface area (Å²) in [7, 11) is -3.92. The van der Waals surface area contributed by atoms with Crippen LogP contribution < -0.4 is 0 Å². The molecule has 0 saturated heterocycles. The van der Waals surface area contributed by atoms with Gasteiger partial charge in [0.05, 0.1) is 11.4 Å². The van der Waals surface area contributed by atoms with E-state index in [1.54, 1.807) is 0 Å². The van der Waals surface area contributed by atoms with Gasteiger partial charge in [-0.15, -0.1) is 0 Å². The van der Waals surface area contributed by atoms with Crippen molar-refractivity contribution >= 4 is 10.1 Å². The van der Waals surface area contributed by atoms with E-state index in [9.17, 15) is 18.1 Å². The van der Waals surface area contributed by atoms with Crippen molar-refractivity contribution in [2.45, 2.75) is 109 Å². The van der Waals surface area contributed by atoms with Gasteiger partial charge in [-0.1, -0.05) is 71.6 Å². The van der Waals surface area contributed by atoms with Crippen molar-refractivity contribution < 1.29 is 18.1 Å². The summed E-state index contributed by atoms with van der Waals surface area (Å²) in [5.41, 5.74) is 0. The third-order valence-electron chi connectivity index (χ3n) is 4.26. The van der Waals surface area contributed by atoms with Crippen molar-refractivity contribution in [1.82, 2.24) is 0 Å². The Morgan fingerprint density at radius 2 is 1.18 bits per heavy atom. The molecular weight excluding hydrogens is 300 g/mol. The predicted octanol–water partition coefficient (Wildman–Crippen LogP) is 4.71. The molecule has 0 aromatic carbocycles. The molecule has 0 fully saturated rings. The Morgan fingerprint density at radius 3 is 1.73 bits per heavy atom. The second-order valence-electron chi connectivity index (χ2n) is 6.42. The van der Waals surface area contributed by atoms with Crippen LogP contribution in [-0.2, 0) is 10.1 Å². The molecule has 0 bridgehead atoms. The molecule has 0 aromatic heterocycles. The first-order chi connectivity index (χ1) is 10.4.